The van der Waals surface area contributed by atoms with Gasteiger partial charge in [-0.3, -0.25) is 9.59 Å². The van der Waals surface area contributed by atoms with Crippen molar-refractivity contribution in [1.82, 2.24) is 5.32 Å². The molecule has 1 saturated carbocycles. The molecule has 0 saturated heterocycles. The molecule has 23 heavy (non-hydrogen) atoms. The van der Waals surface area contributed by atoms with Crippen molar-refractivity contribution in [2.24, 2.45) is 5.41 Å². The van der Waals surface area contributed by atoms with Crippen molar-refractivity contribution < 1.29 is 9.59 Å². The van der Waals surface area contributed by atoms with E-state index in [1.807, 2.05) is 0 Å². The van der Waals surface area contributed by atoms with E-state index in [2.05, 4.69) is 10.6 Å². The first-order chi connectivity index (χ1) is 10.9. The number of halogens is 1. The monoisotopic (exact) mass is 336 g/mol. The Kier molecular flexibility index (Phi) is 6.05. The number of rotatable bonds is 4. The number of hydrogen-bond acceptors (Lipinski definition) is 2. The molecule has 0 aliphatic heterocycles. The van der Waals surface area contributed by atoms with Crippen molar-refractivity contribution in [3.63, 3.8) is 0 Å². The predicted octanol–water partition coefficient (Wildman–Crippen LogP) is 4.14. The minimum absolute atomic E-state index is 0.178. The number of amides is 2. The summed E-state index contributed by atoms with van der Waals surface area (Å²) in [6, 6.07) is 7.19. The lowest BCUT2D eigenvalue weighted by Gasteiger charge is -2.26. The molecule has 1 aliphatic rings. The molecule has 1 aromatic rings. The van der Waals surface area contributed by atoms with Crippen LogP contribution in [0.2, 0.25) is 5.02 Å². The normalized spacial score (nSPS) is 16.5. The molecular weight excluding hydrogens is 312 g/mol. The summed E-state index contributed by atoms with van der Waals surface area (Å²) in [6.45, 7) is 3.29. The third-order valence-electron chi connectivity index (χ3n) is 4.45. The standard InChI is InChI=1S/C18H25ClN2O2/c1-18(2,16(22)20-13-9-5-3-4-6-10-13)17(23)21-15-12-8-7-11-14(15)19/h7-8,11-13H,3-6,9-10H2,1-2H3,(H,20,22)(H,21,23). The molecule has 2 N–H and O–H groups in total. The summed E-state index contributed by atoms with van der Waals surface area (Å²) < 4.78 is 0. The first-order valence-electron chi connectivity index (χ1n) is 8.28. The SMILES string of the molecule is CC(C)(C(=O)Nc1ccccc1Cl)C(=O)NC1CCCCCC1. The first kappa shape index (κ1) is 17.8. The molecule has 2 rings (SSSR count). The van der Waals surface area contributed by atoms with Crippen molar-refractivity contribution in [3.05, 3.63) is 29.3 Å². The van der Waals surface area contributed by atoms with Gasteiger partial charge in [0.05, 0.1) is 10.7 Å². The predicted molar refractivity (Wildman–Crippen MR) is 93.5 cm³/mol. The van der Waals surface area contributed by atoms with E-state index < -0.39 is 5.41 Å². The van der Waals surface area contributed by atoms with Crippen LogP contribution >= 0.6 is 11.6 Å². The Morgan fingerprint density at radius 1 is 1.04 bits per heavy atom. The zero-order chi connectivity index (χ0) is 16.9. The fourth-order valence-electron chi connectivity index (χ4n) is 2.73. The Hall–Kier alpha value is -1.55. The molecule has 0 aromatic heterocycles. The molecule has 4 nitrogen and oxygen atoms in total. The summed E-state index contributed by atoms with van der Waals surface area (Å²) in [6.07, 6.45) is 6.71. The molecule has 1 fully saturated rings. The van der Waals surface area contributed by atoms with Gasteiger partial charge in [0.15, 0.2) is 0 Å². The smallest absolute Gasteiger partial charge is 0.239 e. The molecule has 0 unspecified atom stereocenters. The number of hydrogen-bond donors (Lipinski definition) is 2. The zero-order valence-corrected chi connectivity index (χ0v) is 14.6. The van der Waals surface area contributed by atoms with E-state index in [1.165, 1.54) is 12.8 Å². The van der Waals surface area contributed by atoms with Crippen molar-refractivity contribution in [2.75, 3.05) is 5.32 Å². The Morgan fingerprint density at radius 3 is 2.26 bits per heavy atom. The van der Waals surface area contributed by atoms with Gasteiger partial charge in [0.2, 0.25) is 11.8 Å². The zero-order valence-electron chi connectivity index (χ0n) is 13.8. The van der Waals surface area contributed by atoms with Crippen molar-refractivity contribution >= 4 is 29.1 Å². The largest absolute Gasteiger partial charge is 0.352 e. The Balaban J connectivity index is 1.99. The first-order valence-corrected chi connectivity index (χ1v) is 8.66. The highest BCUT2D eigenvalue weighted by Gasteiger charge is 2.37. The van der Waals surface area contributed by atoms with E-state index in [0.717, 1.165) is 25.7 Å². The topological polar surface area (TPSA) is 58.2 Å². The van der Waals surface area contributed by atoms with E-state index in [1.54, 1.807) is 38.1 Å². The molecule has 5 heteroatoms. The molecule has 126 valence electrons. The summed E-state index contributed by atoms with van der Waals surface area (Å²) in [4.78, 5) is 25.1. The van der Waals surface area contributed by atoms with Crippen LogP contribution in [-0.2, 0) is 9.59 Å². The Morgan fingerprint density at radius 2 is 1.65 bits per heavy atom. The van der Waals surface area contributed by atoms with Gasteiger partial charge in [-0.1, -0.05) is 49.4 Å². The van der Waals surface area contributed by atoms with Crippen LogP contribution in [-0.4, -0.2) is 17.9 Å². The van der Waals surface area contributed by atoms with Gasteiger partial charge < -0.3 is 10.6 Å². The molecule has 1 aliphatic carbocycles. The highest BCUT2D eigenvalue weighted by atomic mass is 35.5. The number of anilines is 1. The highest BCUT2D eigenvalue weighted by molar-refractivity contribution is 6.33. The summed E-state index contributed by atoms with van der Waals surface area (Å²) in [5.41, 5.74) is -0.625. The minimum Gasteiger partial charge on any atom is -0.352 e. The van der Waals surface area contributed by atoms with Crippen LogP contribution in [0.4, 0.5) is 5.69 Å². The fourth-order valence-corrected chi connectivity index (χ4v) is 2.92. The lowest BCUT2D eigenvalue weighted by Crippen LogP contribution is -2.48. The molecule has 0 spiro atoms. The summed E-state index contributed by atoms with van der Waals surface area (Å²) >= 11 is 6.06. The highest BCUT2D eigenvalue weighted by Crippen LogP contribution is 2.25. The van der Waals surface area contributed by atoms with E-state index in [0.29, 0.717) is 10.7 Å². The third-order valence-corrected chi connectivity index (χ3v) is 4.78. The van der Waals surface area contributed by atoms with Gasteiger partial charge in [-0.25, -0.2) is 0 Å². The number of carbonyl (C=O) groups is 2. The lowest BCUT2D eigenvalue weighted by atomic mass is 9.90. The van der Waals surface area contributed by atoms with Crippen LogP contribution in [0.3, 0.4) is 0 Å². The second-order valence-electron chi connectivity index (χ2n) is 6.72. The quantitative estimate of drug-likeness (QED) is 0.641. The van der Waals surface area contributed by atoms with Crippen LogP contribution in [0.25, 0.3) is 0 Å². The van der Waals surface area contributed by atoms with Crippen LogP contribution in [0.5, 0.6) is 0 Å². The fraction of sp³-hybridized carbons (Fsp3) is 0.556. The molecule has 1 aromatic carbocycles. The van der Waals surface area contributed by atoms with Crippen LogP contribution in [0, 0.1) is 5.41 Å². The Bertz CT molecular complexity index is 564. The van der Waals surface area contributed by atoms with E-state index in [-0.39, 0.29) is 17.9 Å². The van der Waals surface area contributed by atoms with Gasteiger partial charge >= 0.3 is 0 Å². The van der Waals surface area contributed by atoms with E-state index in [4.69, 9.17) is 11.6 Å². The molecule has 2 amide bonds. The van der Waals surface area contributed by atoms with Crippen LogP contribution in [0.15, 0.2) is 24.3 Å². The second kappa shape index (κ2) is 7.82. The van der Waals surface area contributed by atoms with Crippen molar-refractivity contribution in [2.45, 2.75) is 58.4 Å². The molecular formula is C18H25ClN2O2. The van der Waals surface area contributed by atoms with E-state index in [9.17, 15) is 9.59 Å². The summed E-state index contributed by atoms with van der Waals surface area (Å²) in [5, 5.41) is 6.26. The van der Waals surface area contributed by atoms with E-state index >= 15 is 0 Å². The molecule has 0 bridgehead atoms. The number of benzene rings is 1. The maximum absolute atomic E-state index is 12.6. The molecule has 0 radical (unpaired) electrons. The number of para-hydroxylation sites is 1. The lowest BCUT2D eigenvalue weighted by molar-refractivity contribution is -0.138. The number of nitrogens with one attached hydrogen (secondary N) is 2. The van der Waals surface area contributed by atoms with Gasteiger partial charge in [-0.2, -0.15) is 0 Å². The number of carbonyl (C=O) groups excluding carboxylic acids is 2. The summed E-state index contributed by atoms with van der Waals surface area (Å²) in [7, 11) is 0. The summed E-state index contributed by atoms with van der Waals surface area (Å²) in [5.74, 6) is -0.578. The van der Waals surface area contributed by atoms with Gasteiger partial charge in [0.25, 0.3) is 0 Å². The Labute approximate surface area is 143 Å². The average Bonchev–Trinajstić information content (AvgIpc) is 2.78. The molecule has 0 atom stereocenters. The maximum atomic E-state index is 12.6. The second-order valence-corrected chi connectivity index (χ2v) is 7.13. The molecule has 0 heterocycles. The van der Waals surface area contributed by atoms with Gasteiger partial charge in [-0.05, 0) is 38.8 Å². The van der Waals surface area contributed by atoms with Gasteiger partial charge in [0.1, 0.15) is 5.41 Å². The third kappa shape index (κ3) is 4.71. The van der Waals surface area contributed by atoms with Gasteiger partial charge in [0, 0.05) is 6.04 Å². The van der Waals surface area contributed by atoms with Crippen molar-refractivity contribution in [3.8, 4) is 0 Å². The maximum Gasteiger partial charge on any atom is 0.239 e. The minimum atomic E-state index is -1.15. The van der Waals surface area contributed by atoms with Crippen LogP contribution in [0.1, 0.15) is 52.4 Å². The average molecular weight is 337 g/mol. The van der Waals surface area contributed by atoms with Gasteiger partial charge in [-0.15, -0.1) is 0 Å². The van der Waals surface area contributed by atoms with Crippen LogP contribution < -0.4 is 10.6 Å². The van der Waals surface area contributed by atoms with Crippen molar-refractivity contribution in [1.29, 1.82) is 0 Å².